The minimum Gasteiger partial charge on any atom is -0.323 e. The van der Waals surface area contributed by atoms with Crippen LogP contribution >= 0.6 is 0 Å². The lowest BCUT2D eigenvalue weighted by atomic mass is 9.92. The predicted octanol–water partition coefficient (Wildman–Crippen LogP) is 1.67. The number of carbonyl (C=O) groups is 3. The van der Waals surface area contributed by atoms with E-state index >= 15 is 0 Å². The van der Waals surface area contributed by atoms with E-state index in [1.54, 1.807) is 55.5 Å². The second-order valence-electron chi connectivity index (χ2n) is 6.72. The number of benzene rings is 2. The van der Waals surface area contributed by atoms with Crippen LogP contribution in [0.1, 0.15) is 12.5 Å². The summed E-state index contributed by atoms with van der Waals surface area (Å²) < 4.78 is 1.51. The van der Waals surface area contributed by atoms with Crippen molar-refractivity contribution in [3.8, 4) is 5.69 Å². The zero-order valence-corrected chi connectivity index (χ0v) is 15.6. The van der Waals surface area contributed by atoms with Crippen molar-refractivity contribution in [3.05, 3.63) is 72.8 Å². The summed E-state index contributed by atoms with van der Waals surface area (Å²) in [6.45, 7) is 1.22. The lowest BCUT2D eigenvalue weighted by molar-refractivity contribution is -0.133. The fourth-order valence-corrected chi connectivity index (χ4v) is 3.25. The Labute approximate surface area is 166 Å². The molecule has 2 heterocycles. The third kappa shape index (κ3) is 3.33. The van der Waals surface area contributed by atoms with E-state index in [2.05, 4.69) is 20.7 Å². The van der Waals surface area contributed by atoms with E-state index in [0.717, 1.165) is 4.90 Å². The van der Waals surface area contributed by atoms with Crippen LogP contribution in [-0.2, 0) is 15.1 Å². The summed E-state index contributed by atoms with van der Waals surface area (Å²) in [6, 6.07) is 15.3. The third-order valence-corrected chi connectivity index (χ3v) is 4.77. The molecule has 9 heteroatoms. The fraction of sp³-hybridized carbons (Fsp3) is 0.150. The van der Waals surface area contributed by atoms with Crippen molar-refractivity contribution in [2.75, 3.05) is 11.9 Å². The van der Waals surface area contributed by atoms with E-state index in [0.29, 0.717) is 16.9 Å². The van der Waals surface area contributed by atoms with Crippen molar-refractivity contribution >= 4 is 23.5 Å². The molecule has 0 bridgehead atoms. The number of para-hydroxylation sites is 2. The molecule has 146 valence electrons. The van der Waals surface area contributed by atoms with Crippen LogP contribution in [0.2, 0.25) is 0 Å². The van der Waals surface area contributed by atoms with Gasteiger partial charge in [-0.15, -0.1) is 0 Å². The van der Waals surface area contributed by atoms with Gasteiger partial charge in [0, 0.05) is 0 Å². The zero-order chi connectivity index (χ0) is 20.4. The van der Waals surface area contributed by atoms with Gasteiger partial charge < -0.3 is 10.6 Å². The maximum absolute atomic E-state index is 12.9. The van der Waals surface area contributed by atoms with E-state index < -0.39 is 29.9 Å². The number of anilines is 1. The van der Waals surface area contributed by atoms with Crippen LogP contribution in [0.3, 0.4) is 0 Å². The molecule has 1 aromatic heterocycles. The summed E-state index contributed by atoms with van der Waals surface area (Å²) in [4.78, 5) is 42.7. The monoisotopic (exact) mass is 390 g/mol. The van der Waals surface area contributed by atoms with Gasteiger partial charge in [0.15, 0.2) is 0 Å². The number of hydrogen-bond donors (Lipinski definition) is 2. The summed E-state index contributed by atoms with van der Waals surface area (Å²) in [5.41, 5.74) is 0.542. The number of hydrogen-bond acceptors (Lipinski definition) is 5. The zero-order valence-electron chi connectivity index (χ0n) is 15.6. The van der Waals surface area contributed by atoms with Gasteiger partial charge in [0.25, 0.3) is 5.91 Å². The lowest BCUT2D eigenvalue weighted by Gasteiger charge is -2.22. The summed E-state index contributed by atoms with van der Waals surface area (Å²) in [6.07, 6.45) is 2.89. The van der Waals surface area contributed by atoms with Gasteiger partial charge in [0.2, 0.25) is 5.91 Å². The first-order chi connectivity index (χ1) is 14.0. The highest BCUT2D eigenvalue weighted by atomic mass is 16.2. The molecule has 0 aliphatic carbocycles. The number of nitrogens with zero attached hydrogens (tertiary/aromatic N) is 4. The van der Waals surface area contributed by atoms with Crippen LogP contribution in [0.25, 0.3) is 5.69 Å². The number of aromatic nitrogens is 3. The van der Waals surface area contributed by atoms with Gasteiger partial charge in [-0.05, 0) is 24.6 Å². The van der Waals surface area contributed by atoms with E-state index in [1.165, 1.54) is 17.3 Å². The molecule has 29 heavy (non-hydrogen) atoms. The van der Waals surface area contributed by atoms with Crippen molar-refractivity contribution in [1.29, 1.82) is 0 Å². The highest BCUT2D eigenvalue weighted by molar-refractivity contribution is 6.10. The molecule has 1 aliphatic rings. The molecule has 1 saturated heterocycles. The normalized spacial score (nSPS) is 18.6. The largest absolute Gasteiger partial charge is 0.325 e. The topological polar surface area (TPSA) is 109 Å². The summed E-state index contributed by atoms with van der Waals surface area (Å²) in [7, 11) is 0. The third-order valence-electron chi connectivity index (χ3n) is 4.77. The Morgan fingerprint density at radius 2 is 1.83 bits per heavy atom. The van der Waals surface area contributed by atoms with E-state index in [1.807, 2.05) is 6.07 Å². The number of urea groups is 1. The van der Waals surface area contributed by atoms with Crippen LogP contribution in [0.5, 0.6) is 0 Å². The second-order valence-corrected chi connectivity index (χ2v) is 6.72. The van der Waals surface area contributed by atoms with E-state index in [4.69, 9.17) is 0 Å². The molecule has 3 aromatic rings. The molecule has 4 rings (SSSR count). The van der Waals surface area contributed by atoms with Gasteiger partial charge in [-0.25, -0.2) is 14.5 Å². The highest BCUT2D eigenvalue weighted by Crippen LogP contribution is 2.28. The molecule has 0 saturated carbocycles. The number of imide groups is 1. The SMILES string of the molecule is CC1(c2ccccc2)NC(=O)N(CC(=O)Nc2ccccc2-n2cncn2)C1=O. The molecule has 1 fully saturated rings. The Balaban J connectivity index is 1.51. The molecule has 4 amide bonds. The van der Waals surface area contributed by atoms with Crippen molar-refractivity contribution < 1.29 is 14.4 Å². The molecule has 1 aliphatic heterocycles. The minimum absolute atomic E-state index is 0.404. The van der Waals surface area contributed by atoms with Gasteiger partial charge in [-0.1, -0.05) is 42.5 Å². The predicted molar refractivity (Wildman–Crippen MR) is 104 cm³/mol. The van der Waals surface area contributed by atoms with Crippen molar-refractivity contribution in [1.82, 2.24) is 25.0 Å². The van der Waals surface area contributed by atoms with E-state index in [-0.39, 0.29) is 0 Å². The first-order valence-corrected chi connectivity index (χ1v) is 8.92. The van der Waals surface area contributed by atoms with Crippen LogP contribution in [0.4, 0.5) is 10.5 Å². The molecule has 2 N–H and O–H groups in total. The Morgan fingerprint density at radius 3 is 2.55 bits per heavy atom. The quantitative estimate of drug-likeness (QED) is 0.644. The number of rotatable bonds is 5. The van der Waals surface area contributed by atoms with Crippen LogP contribution in [-0.4, -0.2) is 44.1 Å². The Kier molecular flexibility index (Phi) is 4.55. The van der Waals surface area contributed by atoms with Crippen LogP contribution in [0, 0.1) is 0 Å². The molecule has 9 nitrogen and oxygen atoms in total. The summed E-state index contributed by atoms with van der Waals surface area (Å²) in [5, 5.41) is 9.48. The Morgan fingerprint density at radius 1 is 1.10 bits per heavy atom. The Bertz CT molecular complexity index is 1070. The van der Waals surface area contributed by atoms with Gasteiger partial charge in [0.05, 0.1) is 11.4 Å². The fourth-order valence-electron chi connectivity index (χ4n) is 3.25. The molecular formula is C20H18N6O3. The average molecular weight is 390 g/mol. The molecule has 2 aromatic carbocycles. The summed E-state index contributed by atoms with van der Waals surface area (Å²) in [5.74, 6) is -0.980. The lowest BCUT2D eigenvalue weighted by Crippen LogP contribution is -2.42. The van der Waals surface area contributed by atoms with Crippen molar-refractivity contribution in [2.24, 2.45) is 0 Å². The second kappa shape index (κ2) is 7.19. The molecular weight excluding hydrogens is 372 g/mol. The van der Waals surface area contributed by atoms with Crippen molar-refractivity contribution in [3.63, 3.8) is 0 Å². The van der Waals surface area contributed by atoms with E-state index in [9.17, 15) is 14.4 Å². The standard InChI is InChI=1S/C20H18N6O3/c1-20(14-7-3-2-4-8-14)18(28)25(19(29)24-20)11-17(27)23-15-9-5-6-10-16(15)26-13-21-12-22-26/h2-10,12-13H,11H2,1H3,(H,23,27)(H,24,29). The van der Waals surface area contributed by atoms with Crippen molar-refractivity contribution in [2.45, 2.75) is 12.5 Å². The molecule has 0 radical (unpaired) electrons. The number of amides is 4. The molecule has 1 atom stereocenters. The number of carbonyl (C=O) groups excluding carboxylic acids is 3. The first-order valence-electron chi connectivity index (χ1n) is 8.92. The molecule has 0 spiro atoms. The van der Waals surface area contributed by atoms with Gasteiger partial charge in [-0.2, -0.15) is 5.10 Å². The van der Waals surface area contributed by atoms with Gasteiger partial charge in [-0.3, -0.25) is 14.5 Å². The van der Waals surface area contributed by atoms with Crippen LogP contribution < -0.4 is 10.6 Å². The highest BCUT2D eigenvalue weighted by Gasteiger charge is 2.49. The molecule has 1 unspecified atom stereocenters. The van der Waals surface area contributed by atoms with Gasteiger partial charge in [0.1, 0.15) is 24.7 Å². The summed E-state index contributed by atoms with van der Waals surface area (Å²) >= 11 is 0. The minimum atomic E-state index is -1.21. The van der Waals surface area contributed by atoms with Gasteiger partial charge >= 0.3 is 6.03 Å². The Hall–Kier alpha value is -4.01. The number of nitrogens with one attached hydrogen (secondary N) is 2. The smallest absolute Gasteiger partial charge is 0.323 e. The first kappa shape index (κ1) is 18.4. The maximum atomic E-state index is 12.9. The van der Waals surface area contributed by atoms with Crippen LogP contribution in [0.15, 0.2) is 67.3 Å². The maximum Gasteiger partial charge on any atom is 0.325 e. The average Bonchev–Trinajstić information content (AvgIpc) is 3.33.